The number of nitrogens with two attached hydrogens (primary N) is 2. The van der Waals surface area contributed by atoms with Gasteiger partial charge in [0.1, 0.15) is 5.75 Å². The summed E-state index contributed by atoms with van der Waals surface area (Å²) in [5.74, 6) is 0.208. The molecule has 1 aromatic rings. The van der Waals surface area contributed by atoms with Crippen molar-refractivity contribution in [1.82, 2.24) is 5.32 Å². The van der Waals surface area contributed by atoms with Crippen molar-refractivity contribution >= 4 is 13.0 Å². The summed E-state index contributed by atoms with van der Waals surface area (Å²) in [5, 5.41) is 2.95. The first-order valence-electron chi connectivity index (χ1n) is 13.2. The zero-order chi connectivity index (χ0) is 27.0. The second-order valence-corrected chi connectivity index (χ2v) is 11.6. The summed E-state index contributed by atoms with van der Waals surface area (Å²) in [5.41, 5.74) is 12.2. The zero-order valence-corrected chi connectivity index (χ0v) is 21.9. The number of unbranched alkanes of at least 4 members (excludes halogenated alkanes) is 1. The Kier molecular flexibility index (Phi) is 8.19. The molecule has 1 aliphatic heterocycles. The number of carbonyl (C=O) groups is 1. The van der Waals surface area contributed by atoms with E-state index in [4.69, 9.17) is 20.8 Å². The smallest absolute Gasteiger partial charge is 0.406 e. The van der Waals surface area contributed by atoms with Gasteiger partial charge in [-0.1, -0.05) is 32.4 Å². The Hall–Kier alpha value is -1.82. The molecule has 0 aromatic heterocycles. The fraction of sp³-hybridized carbons (Fsp3) is 0.731. The van der Waals surface area contributed by atoms with Crippen LogP contribution in [-0.4, -0.2) is 50.2 Å². The molecule has 1 amide bonds. The molecule has 11 heteroatoms. The number of carbonyl (C=O) groups excluding carboxylic acids is 1. The molecule has 37 heavy (non-hydrogen) atoms. The van der Waals surface area contributed by atoms with Crippen molar-refractivity contribution in [3.05, 3.63) is 29.8 Å². The first kappa shape index (κ1) is 28.2. The number of ether oxygens (including phenoxy) is 1. The van der Waals surface area contributed by atoms with Crippen molar-refractivity contribution in [2.24, 2.45) is 28.7 Å². The molecule has 1 heterocycles. The third-order valence-corrected chi connectivity index (χ3v) is 8.85. The highest BCUT2D eigenvalue weighted by atomic mass is 19.4. The van der Waals surface area contributed by atoms with Gasteiger partial charge in [0.25, 0.3) is 0 Å². The number of nitrogens with one attached hydrogen (secondary N) is 1. The Labute approximate surface area is 217 Å². The first-order chi connectivity index (χ1) is 17.3. The van der Waals surface area contributed by atoms with E-state index < -0.39 is 25.1 Å². The lowest BCUT2D eigenvalue weighted by atomic mass is 9.43. The maximum Gasteiger partial charge on any atom is 0.573 e. The fourth-order valence-corrected chi connectivity index (χ4v) is 6.50. The van der Waals surface area contributed by atoms with Crippen molar-refractivity contribution in [2.45, 2.75) is 89.2 Å². The van der Waals surface area contributed by atoms with Gasteiger partial charge >= 0.3 is 13.5 Å². The molecule has 5 N–H and O–H groups in total. The molecule has 2 bridgehead atoms. The van der Waals surface area contributed by atoms with E-state index in [2.05, 4.69) is 30.8 Å². The molecule has 3 aliphatic carbocycles. The number of alkyl halides is 3. The number of benzene rings is 1. The van der Waals surface area contributed by atoms with Gasteiger partial charge in [-0.3, -0.25) is 4.79 Å². The highest BCUT2D eigenvalue weighted by Gasteiger charge is 2.68. The van der Waals surface area contributed by atoms with Gasteiger partial charge in [-0.05, 0) is 80.5 Å². The number of rotatable bonds is 11. The molecule has 1 aromatic carbocycles. The summed E-state index contributed by atoms with van der Waals surface area (Å²) in [4.78, 5) is 12.7. The van der Waals surface area contributed by atoms with Crippen LogP contribution in [0.25, 0.3) is 0 Å². The van der Waals surface area contributed by atoms with Crippen LogP contribution < -0.4 is 21.5 Å². The minimum absolute atomic E-state index is 0.0199. The predicted octanol–water partition coefficient (Wildman–Crippen LogP) is 3.80. The van der Waals surface area contributed by atoms with Gasteiger partial charge in [0.05, 0.1) is 17.7 Å². The topological polar surface area (TPSA) is 109 Å². The molecule has 0 unspecified atom stereocenters. The summed E-state index contributed by atoms with van der Waals surface area (Å²) in [6.07, 6.45) is -0.144. The Morgan fingerprint density at radius 1 is 1.22 bits per heavy atom. The van der Waals surface area contributed by atoms with Crippen LogP contribution >= 0.6 is 0 Å². The van der Waals surface area contributed by atoms with Crippen molar-refractivity contribution in [3.8, 4) is 5.75 Å². The minimum Gasteiger partial charge on any atom is -0.406 e. The number of amides is 1. The van der Waals surface area contributed by atoms with Crippen LogP contribution in [0.2, 0.25) is 5.82 Å². The van der Waals surface area contributed by atoms with Crippen LogP contribution in [0.1, 0.15) is 58.4 Å². The molecule has 4 fully saturated rings. The molecular weight excluding hydrogens is 486 g/mol. The van der Waals surface area contributed by atoms with Crippen LogP contribution in [0.4, 0.5) is 13.2 Å². The summed E-state index contributed by atoms with van der Waals surface area (Å²) in [7, 11) is -0.551. The summed E-state index contributed by atoms with van der Waals surface area (Å²) < 4.78 is 54.8. The van der Waals surface area contributed by atoms with Crippen LogP contribution in [0.5, 0.6) is 5.75 Å². The van der Waals surface area contributed by atoms with Crippen molar-refractivity contribution in [3.63, 3.8) is 0 Å². The minimum atomic E-state index is -4.75. The van der Waals surface area contributed by atoms with E-state index in [0.29, 0.717) is 31.2 Å². The van der Waals surface area contributed by atoms with Gasteiger partial charge in [0.2, 0.25) is 5.91 Å². The molecule has 6 atom stereocenters. The van der Waals surface area contributed by atoms with E-state index in [-0.39, 0.29) is 35.5 Å². The molecule has 206 valence electrons. The molecule has 7 nitrogen and oxygen atoms in total. The number of hydrogen-bond acceptors (Lipinski definition) is 6. The standard InChI is InChI=1S/C26H39BF3N3O4/c1-24(2)17-13-21(24)25(3)22(14-17)36-27(37-25)18(15-33-23(34)20(32)6-4-5-11-31)12-16-7-9-19(10-8-16)35-26(28,29)30/h7-10,17-18,20-22H,4-6,11-15,31-32H2,1-3H3,(H,33,34)/t17-,18-,20+,21-,22+,25-/m1/s1. The number of hydrogen-bond donors (Lipinski definition) is 3. The van der Waals surface area contributed by atoms with E-state index >= 15 is 0 Å². The molecule has 0 spiro atoms. The Bertz CT molecular complexity index is 948. The third kappa shape index (κ3) is 6.10. The molecule has 3 saturated carbocycles. The van der Waals surface area contributed by atoms with E-state index in [1.165, 1.54) is 12.1 Å². The van der Waals surface area contributed by atoms with Crippen LogP contribution in [0.15, 0.2) is 24.3 Å². The normalized spacial score (nSPS) is 29.7. The van der Waals surface area contributed by atoms with E-state index in [0.717, 1.165) is 31.2 Å². The fourth-order valence-electron chi connectivity index (χ4n) is 6.50. The maximum absolute atomic E-state index is 12.7. The average molecular weight is 525 g/mol. The quantitative estimate of drug-likeness (QED) is 0.300. The van der Waals surface area contributed by atoms with Gasteiger partial charge in [-0.15, -0.1) is 13.2 Å². The highest BCUT2D eigenvalue weighted by Crippen LogP contribution is 2.66. The van der Waals surface area contributed by atoms with Crippen molar-refractivity contribution in [2.75, 3.05) is 13.1 Å². The summed E-state index contributed by atoms with van der Waals surface area (Å²) in [6, 6.07) is 5.14. The number of halogens is 3. The van der Waals surface area contributed by atoms with Gasteiger partial charge < -0.3 is 30.8 Å². The second kappa shape index (κ2) is 10.7. The SMILES string of the molecule is CC1(C)[C@H]2C[C@@H]3OB([C@@H](CNC(=O)[C@@H](N)CCCCN)Cc4ccc(OC(F)(F)F)cc4)O[C@]3(C)[C@@H]1C2. The maximum atomic E-state index is 12.7. The Balaban J connectivity index is 1.45. The van der Waals surface area contributed by atoms with Crippen LogP contribution in [0.3, 0.4) is 0 Å². The van der Waals surface area contributed by atoms with Gasteiger partial charge in [-0.25, -0.2) is 0 Å². The average Bonchev–Trinajstić information content (AvgIpc) is 3.18. The van der Waals surface area contributed by atoms with Gasteiger partial charge in [0, 0.05) is 12.4 Å². The summed E-state index contributed by atoms with van der Waals surface area (Å²) in [6.45, 7) is 7.54. The highest BCUT2D eigenvalue weighted by molar-refractivity contribution is 6.47. The van der Waals surface area contributed by atoms with E-state index in [9.17, 15) is 18.0 Å². The molecule has 0 radical (unpaired) electrons. The lowest BCUT2D eigenvalue weighted by Gasteiger charge is -2.64. The van der Waals surface area contributed by atoms with Gasteiger partial charge in [0.15, 0.2) is 0 Å². The lowest BCUT2D eigenvalue weighted by molar-refractivity contribution is -0.274. The van der Waals surface area contributed by atoms with E-state index in [1.807, 2.05) is 0 Å². The van der Waals surface area contributed by atoms with Crippen LogP contribution in [-0.2, 0) is 20.5 Å². The third-order valence-electron chi connectivity index (χ3n) is 8.85. The predicted molar refractivity (Wildman–Crippen MR) is 135 cm³/mol. The van der Waals surface area contributed by atoms with Gasteiger partial charge in [-0.2, -0.15) is 0 Å². The molecule has 5 rings (SSSR count). The van der Waals surface area contributed by atoms with Crippen molar-refractivity contribution in [1.29, 1.82) is 0 Å². The molecular formula is C26H39BF3N3O4. The first-order valence-corrected chi connectivity index (χ1v) is 13.2. The van der Waals surface area contributed by atoms with E-state index in [1.54, 1.807) is 12.1 Å². The second-order valence-electron chi connectivity index (χ2n) is 11.6. The largest absolute Gasteiger partial charge is 0.573 e. The lowest BCUT2D eigenvalue weighted by Crippen LogP contribution is -2.65. The zero-order valence-electron chi connectivity index (χ0n) is 21.9. The molecule has 1 saturated heterocycles. The Morgan fingerprint density at radius 2 is 1.92 bits per heavy atom. The summed E-state index contributed by atoms with van der Waals surface area (Å²) >= 11 is 0. The molecule has 4 aliphatic rings. The van der Waals surface area contributed by atoms with Crippen LogP contribution in [0, 0.1) is 17.3 Å². The Morgan fingerprint density at radius 3 is 2.54 bits per heavy atom. The monoisotopic (exact) mass is 525 g/mol. The van der Waals surface area contributed by atoms with Crippen molar-refractivity contribution < 1.29 is 32.0 Å².